The number of carbonyl (C=O) groups is 2. The van der Waals surface area contributed by atoms with Crippen LogP contribution in [0.1, 0.15) is 20.0 Å². The molecular weight excluding hydrogens is 424 g/mol. The van der Waals surface area contributed by atoms with Crippen molar-refractivity contribution < 1.29 is 19.1 Å². The van der Waals surface area contributed by atoms with Gasteiger partial charge in [0.25, 0.3) is 11.8 Å². The molecule has 2 amide bonds. The van der Waals surface area contributed by atoms with Crippen molar-refractivity contribution in [1.29, 1.82) is 0 Å². The Hall–Kier alpha value is -2.77. The smallest absolute Gasteiger partial charge is 0.265 e. The standard InChI is InChI=1S/C22H21ClN2O4S/c1-28-14-7-8-15(17(13-14)29-2)21(26)24-9-11-25(12-10-24)22(27)20-19(23)16-5-3-4-6-18(16)30-20/h3-8,13H,9-12H2,1-2H3. The quantitative estimate of drug-likeness (QED) is 0.606. The maximum atomic E-state index is 13.0. The topological polar surface area (TPSA) is 59.1 Å². The number of methoxy groups -OCH3 is 2. The molecule has 0 spiro atoms. The molecule has 0 unspecified atom stereocenters. The number of hydrogen-bond donors (Lipinski definition) is 0. The summed E-state index contributed by atoms with van der Waals surface area (Å²) in [6.07, 6.45) is 0. The van der Waals surface area contributed by atoms with Crippen LogP contribution in [-0.4, -0.2) is 62.0 Å². The van der Waals surface area contributed by atoms with Crippen molar-refractivity contribution in [3.63, 3.8) is 0 Å². The van der Waals surface area contributed by atoms with Crippen molar-refractivity contribution in [2.45, 2.75) is 0 Å². The van der Waals surface area contributed by atoms with E-state index in [1.807, 2.05) is 24.3 Å². The molecule has 0 saturated carbocycles. The van der Waals surface area contributed by atoms with Crippen molar-refractivity contribution in [3.8, 4) is 11.5 Å². The van der Waals surface area contributed by atoms with Crippen LogP contribution in [0.15, 0.2) is 42.5 Å². The first kappa shape index (κ1) is 20.5. The third-order valence-corrected chi connectivity index (χ3v) is 6.89. The predicted molar refractivity (Wildman–Crippen MR) is 118 cm³/mol. The average molecular weight is 445 g/mol. The van der Waals surface area contributed by atoms with Crippen molar-refractivity contribution in [2.24, 2.45) is 0 Å². The second-order valence-corrected chi connectivity index (χ2v) is 8.32. The van der Waals surface area contributed by atoms with E-state index in [-0.39, 0.29) is 11.8 Å². The number of benzene rings is 2. The summed E-state index contributed by atoms with van der Waals surface area (Å²) in [4.78, 5) is 30.0. The Kier molecular flexibility index (Phi) is 5.83. The van der Waals surface area contributed by atoms with Gasteiger partial charge in [-0.2, -0.15) is 0 Å². The van der Waals surface area contributed by atoms with Gasteiger partial charge in [-0.3, -0.25) is 9.59 Å². The van der Waals surface area contributed by atoms with Gasteiger partial charge >= 0.3 is 0 Å². The van der Waals surface area contributed by atoms with E-state index in [0.717, 1.165) is 10.1 Å². The van der Waals surface area contributed by atoms with Gasteiger partial charge in [-0.25, -0.2) is 0 Å². The molecule has 4 rings (SSSR count). The van der Waals surface area contributed by atoms with Crippen LogP contribution in [-0.2, 0) is 0 Å². The molecule has 0 aliphatic carbocycles. The fourth-order valence-corrected chi connectivity index (χ4v) is 5.03. The van der Waals surface area contributed by atoms with Crippen LogP contribution in [0.4, 0.5) is 0 Å². The van der Waals surface area contributed by atoms with Crippen LogP contribution < -0.4 is 9.47 Å². The molecule has 1 aromatic heterocycles. The molecule has 1 aliphatic rings. The minimum atomic E-state index is -0.124. The van der Waals surface area contributed by atoms with E-state index in [2.05, 4.69) is 0 Å². The number of piperazine rings is 1. The summed E-state index contributed by atoms with van der Waals surface area (Å²) in [5, 5.41) is 1.40. The van der Waals surface area contributed by atoms with Gasteiger partial charge in [0.2, 0.25) is 0 Å². The highest BCUT2D eigenvalue weighted by atomic mass is 35.5. The van der Waals surface area contributed by atoms with E-state index < -0.39 is 0 Å². The van der Waals surface area contributed by atoms with Crippen LogP contribution in [0, 0.1) is 0 Å². The lowest BCUT2D eigenvalue weighted by atomic mass is 10.1. The number of rotatable bonds is 4. The van der Waals surface area contributed by atoms with Crippen molar-refractivity contribution in [2.75, 3.05) is 40.4 Å². The van der Waals surface area contributed by atoms with E-state index in [9.17, 15) is 9.59 Å². The summed E-state index contributed by atoms with van der Waals surface area (Å²) >= 11 is 7.87. The Morgan fingerprint density at radius 2 is 1.60 bits per heavy atom. The van der Waals surface area contributed by atoms with Crippen LogP contribution >= 0.6 is 22.9 Å². The highest BCUT2D eigenvalue weighted by Crippen LogP contribution is 2.36. The van der Waals surface area contributed by atoms with Gasteiger partial charge < -0.3 is 19.3 Å². The highest BCUT2D eigenvalue weighted by Gasteiger charge is 2.29. The van der Waals surface area contributed by atoms with Crippen molar-refractivity contribution in [3.05, 3.63) is 57.9 Å². The fourth-order valence-electron chi connectivity index (χ4n) is 3.55. The third-order valence-electron chi connectivity index (χ3n) is 5.22. The number of nitrogens with zero attached hydrogens (tertiary/aromatic N) is 2. The molecule has 2 aromatic carbocycles. The third kappa shape index (κ3) is 3.70. The Bertz CT molecular complexity index is 1110. The van der Waals surface area contributed by atoms with E-state index in [1.165, 1.54) is 18.4 Å². The molecule has 1 fully saturated rings. The first-order valence-electron chi connectivity index (χ1n) is 9.51. The molecule has 8 heteroatoms. The van der Waals surface area contributed by atoms with Gasteiger partial charge in [-0.1, -0.05) is 29.8 Å². The lowest BCUT2D eigenvalue weighted by molar-refractivity contribution is 0.0536. The summed E-state index contributed by atoms with van der Waals surface area (Å²) in [5.74, 6) is 0.880. The molecule has 0 radical (unpaired) electrons. The predicted octanol–water partition coefficient (Wildman–Crippen LogP) is 4.17. The summed E-state index contributed by atoms with van der Waals surface area (Å²) in [6, 6.07) is 12.9. The van der Waals surface area contributed by atoms with Crippen LogP contribution in [0.25, 0.3) is 10.1 Å². The molecule has 6 nitrogen and oxygen atoms in total. The van der Waals surface area contributed by atoms with E-state index in [0.29, 0.717) is 53.1 Å². The number of ether oxygens (including phenoxy) is 2. The Labute approximate surface area is 183 Å². The molecule has 2 heterocycles. The van der Waals surface area contributed by atoms with Crippen LogP contribution in [0.2, 0.25) is 5.02 Å². The van der Waals surface area contributed by atoms with Gasteiger partial charge in [0.05, 0.1) is 24.8 Å². The molecule has 0 N–H and O–H groups in total. The molecule has 156 valence electrons. The van der Waals surface area contributed by atoms with E-state index in [1.54, 1.807) is 35.1 Å². The second-order valence-electron chi connectivity index (χ2n) is 6.89. The summed E-state index contributed by atoms with van der Waals surface area (Å²) in [7, 11) is 3.09. The second kappa shape index (κ2) is 8.53. The normalized spacial score (nSPS) is 14.1. The monoisotopic (exact) mass is 444 g/mol. The van der Waals surface area contributed by atoms with Gasteiger partial charge in [-0.05, 0) is 18.2 Å². The van der Waals surface area contributed by atoms with Gasteiger partial charge in [0.1, 0.15) is 16.4 Å². The highest BCUT2D eigenvalue weighted by molar-refractivity contribution is 7.21. The molecule has 30 heavy (non-hydrogen) atoms. The molecule has 0 atom stereocenters. The van der Waals surface area contributed by atoms with Crippen LogP contribution in [0.3, 0.4) is 0 Å². The maximum Gasteiger partial charge on any atom is 0.265 e. The molecule has 1 aliphatic heterocycles. The molecule has 3 aromatic rings. The largest absolute Gasteiger partial charge is 0.497 e. The van der Waals surface area contributed by atoms with Crippen molar-refractivity contribution >= 4 is 44.8 Å². The zero-order valence-corrected chi connectivity index (χ0v) is 18.3. The zero-order chi connectivity index (χ0) is 21.3. The number of fused-ring (bicyclic) bond motifs is 1. The fraction of sp³-hybridized carbons (Fsp3) is 0.273. The number of halogens is 1. The van der Waals surface area contributed by atoms with Gasteiger partial charge in [0, 0.05) is 42.3 Å². The summed E-state index contributed by atoms with van der Waals surface area (Å²) < 4.78 is 11.5. The number of thiophene rings is 1. The minimum absolute atomic E-state index is 0.0877. The molecule has 1 saturated heterocycles. The summed E-state index contributed by atoms with van der Waals surface area (Å²) in [5.41, 5.74) is 0.477. The van der Waals surface area contributed by atoms with Gasteiger partial charge in [0.15, 0.2) is 0 Å². The van der Waals surface area contributed by atoms with E-state index >= 15 is 0 Å². The Morgan fingerprint density at radius 3 is 2.23 bits per heavy atom. The first-order chi connectivity index (χ1) is 14.5. The number of carbonyl (C=O) groups excluding carboxylic acids is 2. The molecular formula is C22H21ClN2O4S. The average Bonchev–Trinajstić information content (AvgIpc) is 3.14. The number of hydrogen-bond acceptors (Lipinski definition) is 5. The number of amides is 2. The zero-order valence-electron chi connectivity index (χ0n) is 16.7. The maximum absolute atomic E-state index is 13.0. The lowest BCUT2D eigenvalue weighted by Gasteiger charge is -2.34. The first-order valence-corrected chi connectivity index (χ1v) is 10.7. The SMILES string of the molecule is COc1ccc(C(=O)N2CCN(C(=O)c3sc4ccccc4c3Cl)CC2)c(OC)c1. The lowest BCUT2D eigenvalue weighted by Crippen LogP contribution is -2.50. The summed E-state index contributed by atoms with van der Waals surface area (Å²) in [6.45, 7) is 1.80. The van der Waals surface area contributed by atoms with Crippen molar-refractivity contribution in [1.82, 2.24) is 9.80 Å². The Balaban J connectivity index is 1.46. The minimum Gasteiger partial charge on any atom is -0.497 e. The van der Waals surface area contributed by atoms with E-state index in [4.69, 9.17) is 21.1 Å². The Morgan fingerprint density at radius 1 is 0.933 bits per heavy atom. The molecule has 0 bridgehead atoms. The van der Waals surface area contributed by atoms with Crippen LogP contribution in [0.5, 0.6) is 11.5 Å². The van der Waals surface area contributed by atoms with Gasteiger partial charge in [-0.15, -0.1) is 11.3 Å².